The lowest BCUT2D eigenvalue weighted by Gasteiger charge is -2.32. The summed E-state index contributed by atoms with van der Waals surface area (Å²) in [5.41, 5.74) is 10.3. The van der Waals surface area contributed by atoms with Crippen LogP contribution in [0, 0.1) is 17.6 Å². The molecule has 1 aliphatic heterocycles. The normalized spacial score (nSPS) is 14.4. The molecule has 5 aromatic rings. The standard InChI is InChI=1S/C29H26F2N6/c30-22-8-6-21(7-9-22)26-25-27(32)37(24-12-10-23(31)11-13-24)35-28(25)34-29(33-26)36-16-14-20(15-17-36)18-19-4-2-1-3-5-19/h1-13,20H,14-18,32H2. The van der Waals surface area contributed by atoms with Gasteiger partial charge < -0.3 is 10.6 Å². The summed E-state index contributed by atoms with van der Waals surface area (Å²) in [6.07, 6.45) is 3.14. The summed E-state index contributed by atoms with van der Waals surface area (Å²) < 4.78 is 28.8. The maximum Gasteiger partial charge on any atom is 0.228 e. The Hall–Kier alpha value is -4.33. The van der Waals surface area contributed by atoms with E-state index in [-0.39, 0.29) is 11.6 Å². The van der Waals surface area contributed by atoms with Gasteiger partial charge in [0, 0.05) is 18.7 Å². The molecule has 1 fully saturated rings. The van der Waals surface area contributed by atoms with E-state index in [1.54, 1.807) is 28.9 Å². The number of rotatable bonds is 5. The third-order valence-corrected chi connectivity index (χ3v) is 7.01. The highest BCUT2D eigenvalue weighted by atomic mass is 19.1. The molecule has 3 heterocycles. The second-order valence-electron chi connectivity index (χ2n) is 9.47. The van der Waals surface area contributed by atoms with Gasteiger partial charge in [-0.15, -0.1) is 5.10 Å². The highest BCUT2D eigenvalue weighted by molar-refractivity contribution is 5.99. The molecule has 37 heavy (non-hydrogen) atoms. The highest BCUT2D eigenvalue weighted by Crippen LogP contribution is 2.34. The van der Waals surface area contributed by atoms with E-state index in [1.807, 2.05) is 6.07 Å². The minimum atomic E-state index is -0.344. The molecule has 2 N–H and O–H groups in total. The highest BCUT2D eigenvalue weighted by Gasteiger charge is 2.25. The first-order chi connectivity index (χ1) is 18.0. The van der Waals surface area contributed by atoms with Gasteiger partial charge in [-0.05, 0) is 79.3 Å². The van der Waals surface area contributed by atoms with E-state index in [1.165, 1.54) is 29.8 Å². The molecule has 6 rings (SSSR count). The number of hydrogen-bond donors (Lipinski definition) is 1. The second kappa shape index (κ2) is 9.61. The van der Waals surface area contributed by atoms with E-state index in [2.05, 4.69) is 34.3 Å². The lowest BCUT2D eigenvalue weighted by Crippen LogP contribution is -2.35. The van der Waals surface area contributed by atoms with E-state index in [9.17, 15) is 8.78 Å². The van der Waals surface area contributed by atoms with Crippen molar-refractivity contribution in [3.63, 3.8) is 0 Å². The first-order valence-electron chi connectivity index (χ1n) is 12.4. The predicted molar refractivity (Wildman–Crippen MR) is 142 cm³/mol. The topological polar surface area (TPSA) is 72.9 Å². The van der Waals surface area contributed by atoms with Crippen LogP contribution in [0.5, 0.6) is 0 Å². The number of nitrogen functional groups attached to an aromatic ring is 1. The minimum absolute atomic E-state index is 0.329. The van der Waals surface area contributed by atoms with Crippen molar-refractivity contribution in [1.29, 1.82) is 0 Å². The van der Waals surface area contributed by atoms with Gasteiger partial charge in [0.1, 0.15) is 17.5 Å². The number of nitrogens with zero attached hydrogens (tertiary/aromatic N) is 5. The lowest BCUT2D eigenvalue weighted by molar-refractivity contribution is 0.401. The summed E-state index contributed by atoms with van der Waals surface area (Å²) in [7, 11) is 0. The number of nitrogens with two attached hydrogens (primary N) is 1. The Labute approximate surface area is 213 Å². The molecule has 3 aromatic carbocycles. The molecule has 0 unspecified atom stereocenters. The Kier molecular flexibility index (Phi) is 6.00. The summed E-state index contributed by atoms with van der Waals surface area (Å²) in [4.78, 5) is 11.9. The molecule has 0 atom stereocenters. The van der Waals surface area contributed by atoms with Gasteiger partial charge >= 0.3 is 0 Å². The van der Waals surface area contributed by atoms with Crippen molar-refractivity contribution in [3.05, 3.63) is 96.1 Å². The Morgan fingerprint density at radius 3 is 2.14 bits per heavy atom. The van der Waals surface area contributed by atoms with Crippen molar-refractivity contribution in [2.75, 3.05) is 23.7 Å². The number of fused-ring (bicyclic) bond motifs is 1. The number of aromatic nitrogens is 4. The van der Waals surface area contributed by atoms with Crippen LogP contribution in [0.15, 0.2) is 78.9 Å². The summed E-state index contributed by atoms with van der Waals surface area (Å²) in [6.45, 7) is 1.67. The van der Waals surface area contributed by atoms with Crippen molar-refractivity contribution in [1.82, 2.24) is 19.7 Å². The molecule has 6 nitrogen and oxygen atoms in total. The van der Waals surface area contributed by atoms with Gasteiger partial charge in [0.05, 0.1) is 16.8 Å². The average molecular weight is 497 g/mol. The van der Waals surface area contributed by atoms with Crippen LogP contribution in [0.1, 0.15) is 18.4 Å². The van der Waals surface area contributed by atoms with Gasteiger partial charge in [-0.2, -0.15) is 4.98 Å². The Morgan fingerprint density at radius 1 is 0.811 bits per heavy atom. The molecule has 0 spiro atoms. The van der Waals surface area contributed by atoms with E-state index < -0.39 is 0 Å². The SMILES string of the molecule is Nc1c2c(-c3ccc(F)cc3)nc(N3CCC(Cc4ccccc4)CC3)nc2nn1-c1ccc(F)cc1. The van der Waals surface area contributed by atoms with Crippen LogP contribution in [0.3, 0.4) is 0 Å². The van der Waals surface area contributed by atoms with Gasteiger partial charge in [0.25, 0.3) is 0 Å². The predicted octanol–water partition coefficient (Wildman–Crippen LogP) is 5.80. The minimum Gasteiger partial charge on any atom is -0.383 e. The average Bonchev–Trinajstić information content (AvgIpc) is 3.26. The molecule has 0 saturated carbocycles. The smallest absolute Gasteiger partial charge is 0.228 e. The Balaban J connectivity index is 1.36. The number of hydrogen-bond acceptors (Lipinski definition) is 5. The van der Waals surface area contributed by atoms with Crippen LogP contribution in [-0.4, -0.2) is 32.8 Å². The van der Waals surface area contributed by atoms with Crippen molar-refractivity contribution in [3.8, 4) is 16.9 Å². The van der Waals surface area contributed by atoms with Gasteiger partial charge in [-0.1, -0.05) is 30.3 Å². The Morgan fingerprint density at radius 2 is 1.46 bits per heavy atom. The van der Waals surface area contributed by atoms with E-state index in [0.29, 0.717) is 40.1 Å². The molecule has 2 aromatic heterocycles. The van der Waals surface area contributed by atoms with Crippen LogP contribution in [0.25, 0.3) is 28.0 Å². The summed E-state index contributed by atoms with van der Waals surface area (Å²) in [5, 5.41) is 5.24. The summed E-state index contributed by atoms with van der Waals surface area (Å²) >= 11 is 0. The lowest BCUT2D eigenvalue weighted by atomic mass is 9.90. The first-order valence-corrected chi connectivity index (χ1v) is 12.4. The fourth-order valence-corrected chi connectivity index (χ4v) is 5.02. The number of benzene rings is 3. The molecule has 8 heteroatoms. The molecule has 1 aliphatic rings. The van der Waals surface area contributed by atoms with Crippen molar-refractivity contribution in [2.45, 2.75) is 19.3 Å². The van der Waals surface area contributed by atoms with Gasteiger partial charge in [-0.3, -0.25) is 0 Å². The van der Waals surface area contributed by atoms with E-state index in [4.69, 9.17) is 15.7 Å². The zero-order valence-corrected chi connectivity index (χ0v) is 20.2. The summed E-state index contributed by atoms with van der Waals surface area (Å²) in [5.74, 6) is 0.851. The quantitative estimate of drug-likeness (QED) is 0.333. The molecule has 0 amide bonds. The molecule has 186 valence electrons. The van der Waals surface area contributed by atoms with Gasteiger partial charge in [-0.25, -0.2) is 18.4 Å². The molecular formula is C29H26F2N6. The molecule has 0 aliphatic carbocycles. The molecule has 0 radical (unpaired) electrons. The van der Waals surface area contributed by atoms with Crippen LogP contribution in [0.4, 0.5) is 20.5 Å². The Bertz CT molecular complexity index is 1520. The maximum atomic E-state index is 13.7. The second-order valence-corrected chi connectivity index (χ2v) is 9.47. The van der Waals surface area contributed by atoms with E-state index in [0.717, 1.165) is 37.9 Å². The zero-order chi connectivity index (χ0) is 25.4. The van der Waals surface area contributed by atoms with Crippen molar-refractivity contribution >= 4 is 22.8 Å². The van der Waals surface area contributed by atoms with Gasteiger partial charge in [0.2, 0.25) is 5.95 Å². The van der Waals surface area contributed by atoms with Crippen molar-refractivity contribution < 1.29 is 8.78 Å². The molecule has 0 bridgehead atoms. The fourth-order valence-electron chi connectivity index (χ4n) is 5.02. The van der Waals surface area contributed by atoms with Crippen LogP contribution in [0.2, 0.25) is 0 Å². The maximum absolute atomic E-state index is 13.7. The summed E-state index contributed by atoms with van der Waals surface area (Å²) in [6, 6.07) is 22.7. The van der Waals surface area contributed by atoms with Crippen LogP contribution >= 0.6 is 0 Å². The molecular weight excluding hydrogens is 470 g/mol. The van der Waals surface area contributed by atoms with Crippen LogP contribution < -0.4 is 10.6 Å². The van der Waals surface area contributed by atoms with Crippen LogP contribution in [-0.2, 0) is 6.42 Å². The molecule has 1 saturated heterocycles. The van der Waals surface area contributed by atoms with Crippen molar-refractivity contribution in [2.24, 2.45) is 5.92 Å². The number of anilines is 2. The zero-order valence-electron chi connectivity index (χ0n) is 20.2. The first kappa shape index (κ1) is 23.1. The monoisotopic (exact) mass is 496 g/mol. The largest absolute Gasteiger partial charge is 0.383 e. The fraction of sp³-hybridized carbons (Fsp3) is 0.207. The van der Waals surface area contributed by atoms with Gasteiger partial charge in [0.15, 0.2) is 5.65 Å². The number of piperidine rings is 1. The third kappa shape index (κ3) is 4.62. The third-order valence-electron chi connectivity index (χ3n) is 7.01. The van der Waals surface area contributed by atoms with E-state index >= 15 is 0 Å². The number of halogens is 2.